The van der Waals surface area contributed by atoms with Crippen LogP contribution < -0.4 is 5.32 Å². The first-order chi connectivity index (χ1) is 8.81. The second kappa shape index (κ2) is 5.51. The van der Waals surface area contributed by atoms with Crippen LogP contribution in [0.1, 0.15) is 17.8 Å². The predicted octanol–water partition coefficient (Wildman–Crippen LogP) is 3.87. The summed E-state index contributed by atoms with van der Waals surface area (Å²) in [6, 6.07) is 8.97. The molecule has 0 radical (unpaired) electrons. The standard InChI is InChI=1S/C14H15BrN2S/c15-11-5-3-10(4-6-11)13-9-18-14(17-13)8-12-2-1-7-16-12/h3-6,9,12,16H,1-2,7-8H2. The molecule has 1 aromatic carbocycles. The minimum atomic E-state index is 0.633. The van der Waals surface area contributed by atoms with Gasteiger partial charge in [0.1, 0.15) is 0 Å². The summed E-state index contributed by atoms with van der Waals surface area (Å²) in [6.45, 7) is 1.16. The lowest BCUT2D eigenvalue weighted by Gasteiger charge is -2.06. The molecule has 1 fully saturated rings. The van der Waals surface area contributed by atoms with Gasteiger partial charge in [-0.3, -0.25) is 0 Å². The van der Waals surface area contributed by atoms with Gasteiger partial charge in [-0.15, -0.1) is 11.3 Å². The lowest BCUT2D eigenvalue weighted by molar-refractivity contribution is 0.601. The van der Waals surface area contributed by atoms with Crippen LogP contribution in [0, 0.1) is 0 Å². The SMILES string of the molecule is Brc1ccc(-c2csc(CC3CCCN3)n2)cc1. The monoisotopic (exact) mass is 322 g/mol. The van der Waals surface area contributed by atoms with Crippen molar-refractivity contribution in [1.82, 2.24) is 10.3 Å². The Balaban J connectivity index is 1.74. The number of rotatable bonds is 3. The highest BCUT2D eigenvalue weighted by molar-refractivity contribution is 9.10. The fourth-order valence-corrected chi connectivity index (χ4v) is 3.45. The van der Waals surface area contributed by atoms with Crippen molar-refractivity contribution >= 4 is 27.3 Å². The van der Waals surface area contributed by atoms with Crippen LogP contribution in [0.5, 0.6) is 0 Å². The fraction of sp³-hybridized carbons (Fsp3) is 0.357. The molecule has 3 rings (SSSR count). The largest absolute Gasteiger partial charge is 0.314 e. The number of nitrogens with zero attached hydrogens (tertiary/aromatic N) is 1. The third-order valence-corrected chi connectivity index (χ3v) is 4.67. The van der Waals surface area contributed by atoms with E-state index in [0.29, 0.717) is 6.04 Å². The van der Waals surface area contributed by atoms with Gasteiger partial charge in [0.15, 0.2) is 0 Å². The maximum atomic E-state index is 4.74. The molecule has 1 aliphatic heterocycles. The molecular weight excluding hydrogens is 308 g/mol. The summed E-state index contributed by atoms with van der Waals surface area (Å²) in [7, 11) is 0. The van der Waals surface area contributed by atoms with E-state index in [1.165, 1.54) is 23.4 Å². The van der Waals surface area contributed by atoms with Crippen LogP contribution in [0.4, 0.5) is 0 Å². The smallest absolute Gasteiger partial charge is 0.0948 e. The number of thiazole rings is 1. The second-order valence-corrected chi connectivity index (χ2v) is 6.49. The van der Waals surface area contributed by atoms with E-state index in [0.717, 1.165) is 23.1 Å². The molecule has 2 aromatic rings. The topological polar surface area (TPSA) is 24.9 Å². The van der Waals surface area contributed by atoms with Gasteiger partial charge < -0.3 is 5.32 Å². The van der Waals surface area contributed by atoms with Gasteiger partial charge in [-0.2, -0.15) is 0 Å². The maximum Gasteiger partial charge on any atom is 0.0948 e. The normalized spacial score (nSPS) is 19.3. The third kappa shape index (κ3) is 2.82. The molecule has 1 aliphatic rings. The highest BCUT2D eigenvalue weighted by atomic mass is 79.9. The molecule has 0 saturated carbocycles. The average molecular weight is 323 g/mol. The van der Waals surface area contributed by atoms with Crippen LogP contribution >= 0.6 is 27.3 Å². The Hall–Kier alpha value is -0.710. The van der Waals surface area contributed by atoms with Crippen LogP contribution in [0.25, 0.3) is 11.3 Å². The quantitative estimate of drug-likeness (QED) is 0.927. The molecule has 1 saturated heterocycles. The first-order valence-electron chi connectivity index (χ1n) is 6.25. The van der Waals surface area contributed by atoms with Crippen LogP contribution in [0.15, 0.2) is 34.1 Å². The number of benzene rings is 1. The first kappa shape index (κ1) is 12.3. The van der Waals surface area contributed by atoms with Crippen LogP contribution in [-0.2, 0) is 6.42 Å². The molecule has 0 amide bonds. The van der Waals surface area contributed by atoms with Gasteiger partial charge in [0.25, 0.3) is 0 Å². The number of hydrogen-bond donors (Lipinski definition) is 1. The lowest BCUT2D eigenvalue weighted by Crippen LogP contribution is -2.23. The Bertz CT molecular complexity index is 515. The van der Waals surface area contributed by atoms with Gasteiger partial charge in [0.2, 0.25) is 0 Å². The molecule has 1 unspecified atom stereocenters. The molecule has 18 heavy (non-hydrogen) atoms. The van der Waals surface area contributed by atoms with E-state index in [9.17, 15) is 0 Å². The number of halogens is 1. The maximum absolute atomic E-state index is 4.74. The summed E-state index contributed by atoms with van der Waals surface area (Å²) in [6.07, 6.45) is 3.66. The van der Waals surface area contributed by atoms with Crippen molar-refractivity contribution in [3.8, 4) is 11.3 Å². The molecule has 0 spiro atoms. The van der Waals surface area contributed by atoms with Crippen LogP contribution in [-0.4, -0.2) is 17.6 Å². The summed E-state index contributed by atoms with van der Waals surface area (Å²) in [4.78, 5) is 4.74. The number of aromatic nitrogens is 1. The van der Waals surface area contributed by atoms with Crippen LogP contribution in [0.2, 0.25) is 0 Å². The van der Waals surface area contributed by atoms with Gasteiger partial charge >= 0.3 is 0 Å². The van der Waals surface area contributed by atoms with Crippen molar-refractivity contribution < 1.29 is 0 Å². The Morgan fingerprint density at radius 1 is 1.33 bits per heavy atom. The fourth-order valence-electron chi connectivity index (χ4n) is 2.30. The van der Waals surface area contributed by atoms with E-state index in [1.807, 2.05) is 0 Å². The zero-order valence-corrected chi connectivity index (χ0v) is 12.4. The molecule has 1 atom stereocenters. The van der Waals surface area contributed by atoms with Gasteiger partial charge in [-0.05, 0) is 31.5 Å². The minimum absolute atomic E-state index is 0.633. The zero-order valence-electron chi connectivity index (χ0n) is 10.0. The highest BCUT2D eigenvalue weighted by Crippen LogP contribution is 2.25. The van der Waals surface area contributed by atoms with Crippen molar-refractivity contribution in [2.45, 2.75) is 25.3 Å². The Kier molecular flexibility index (Phi) is 3.77. The summed E-state index contributed by atoms with van der Waals surface area (Å²) >= 11 is 5.23. The molecule has 4 heteroatoms. The van der Waals surface area contributed by atoms with Crippen molar-refractivity contribution in [2.75, 3.05) is 6.54 Å². The molecule has 0 bridgehead atoms. The summed E-state index contributed by atoms with van der Waals surface area (Å²) in [5.41, 5.74) is 2.29. The first-order valence-corrected chi connectivity index (χ1v) is 7.92. The highest BCUT2D eigenvalue weighted by Gasteiger charge is 2.16. The average Bonchev–Trinajstić information content (AvgIpc) is 3.02. The Morgan fingerprint density at radius 2 is 2.17 bits per heavy atom. The van der Waals surface area contributed by atoms with E-state index in [-0.39, 0.29) is 0 Å². The molecule has 0 aliphatic carbocycles. The van der Waals surface area contributed by atoms with E-state index < -0.39 is 0 Å². The van der Waals surface area contributed by atoms with E-state index in [1.54, 1.807) is 11.3 Å². The lowest BCUT2D eigenvalue weighted by atomic mass is 10.1. The molecule has 1 N–H and O–H groups in total. The van der Waals surface area contributed by atoms with Gasteiger partial charge in [0.05, 0.1) is 10.7 Å². The number of nitrogens with one attached hydrogen (secondary N) is 1. The Labute approximate surface area is 120 Å². The van der Waals surface area contributed by atoms with Crippen molar-refractivity contribution in [3.05, 3.63) is 39.1 Å². The molecular formula is C14H15BrN2S. The van der Waals surface area contributed by atoms with Crippen molar-refractivity contribution in [2.24, 2.45) is 0 Å². The molecule has 1 aromatic heterocycles. The third-order valence-electron chi connectivity index (χ3n) is 3.28. The molecule has 2 heterocycles. The molecule has 2 nitrogen and oxygen atoms in total. The zero-order chi connectivity index (χ0) is 12.4. The summed E-state index contributed by atoms with van der Waals surface area (Å²) in [5.74, 6) is 0. The summed E-state index contributed by atoms with van der Waals surface area (Å²) in [5, 5.41) is 6.93. The van der Waals surface area contributed by atoms with Crippen molar-refractivity contribution in [3.63, 3.8) is 0 Å². The van der Waals surface area contributed by atoms with Gasteiger partial charge in [-0.25, -0.2) is 4.98 Å². The van der Waals surface area contributed by atoms with Gasteiger partial charge in [-0.1, -0.05) is 28.1 Å². The summed E-state index contributed by atoms with van der Waals surface area (Å²) < 4.78 is 1.11. The van der Waals surface area contributed by atoms with E-state index in [4.69, 9.17) is 4.98 Å². The van der Waals surface area contributed by atoms with Crippen molar-refractivity contribution in [1.29, 1.82) is 0 Å². The predicted molar refractivity (Wildman–Crippen MR) is 80.0 cm³/mol. The van der Waals surface area contributed by atoms with E-state index in [2.05, 4.69) is 50.9 Å². The molecule has 94 valence electrons. The second-order valence-electron chi connectivity index (χ2n) is 4.63. The van der Waals surface area contributed by atoms with E-state index >= 15 is 0 Å². The van der Waals surface area contributed by atoms with Gasteiger partial charge in [0, 0.05) is 27.9 Å². The Morgan fingerprint density at radius 3 is 2.89 bits per heavy atom. The van der Waals surface area contributed by atoms with Crippen LogP contribution in [0.3, 0.4) is 0 Å². The number of hydrogen-bond acceptors (Lipinski definition) is 3. The minimum Gasteiger partial charge on any atom is -0.314 e.